The van der Waals surface area contributed by atoms with Crippen LogP contribution in [0.5, 0.6) is 0 Å². The van der Waals surface area contributed by atoms with Crippen LogP contribution in [0.2, 0.25) is 0 Å². The molecule has 3 heterocycles. The second kappa shape index (κ2) is 7.70. The Morgan fingerprint density at radius 1 is 1.03 bits per heavy atom. The number of nitrogens with one attached hydrogen (secondary N) is 1. The summed E-state index contributed by atoms with van der Waals surface area (Å²) in [5.74, 6) is -1.04. The Balaban J connectivity index is 1.74. The van der Waals surface area contributed by atoms with Gasteiger partial charge in [0.25, 0.3) is 0 Å². The number of aliphatic carboxylic acids is 1. The number of nitrogens with zero attached hydrogens (tertiary/aromatic N) is 4. The number of fused-ring (bicyclic) bond motifs is 1. The molecule has 0 radical (unpaired) electrons. The van der Waals surface area contributed by atoms with E-state index >= 15 is 0 Å². The summed E-state index contributed by atoms with van der Waals surface area (Å²) in [7, 11) is 0. The molecule has 1 aliphatic heterocycles. The molecule has 8 nitrogen and oxygen atoms in total. The third kappa shape index (κ3) is 3.79. The van der Waals surface area contributed by atoms with Gasteiger partial charge in [0.2, 0.25) is 5.91 Å². The van der Waals surface area contributed by atoms with E-state index in [1.807, 2.05) is 12.1 Å². The summed E-state index contributed by atoms with van der Waals surface area (Å²) >= 11 is 0. The zero-order valence-electron chi connectivity index (χ0n) is 15.4. The molecule has 1 aliphatic rings. The molecule has 29 heavy (non-hydrogen) atoms. The van der Waals surface area contributed by atoms with Gasteiger partial charge < -0.3 is 5.11 Å². The van der Waals surface area contributed by atoms with Gasteiger partial charge in [-0.05, 0) is 42.0 Å². The number of carboxylic acids is 1. The van der Waals surface area contributed by atoms with Crippen LogP contribution >= 0.6 is 0 Å². The van der Waals surface area contributed by atoms with Crippen LogP contribution in [0.25, 0.3) is 22.4 Å². The third-order valence-electron chi connectivity index (χ3n) is 4.67. The lowest BCUT2D eigenvalue weighted by atomic mass is 10.0. The van der Waals surface area contributed by atoms with Crippen LogP contribution in [0.3, 0.4) is 0 Å². The first-order chi connectivity index (χ1) is 14.0. The maximum absolute atomic E-state index is 13.4. The van der Waals surface area contributed by atoms with Gasteiger partial charge in [-0.15, -0.1) is 0 Å². The molecule has 0 saturated carbocycles. The second-order valence-electron chi connectivity index (χ2n) is 6.59. The largest absolute Gasteiger partial charge is 0.481 e. The molecule has 0 spiro atoms. The molecular formula is C20H18FN5O3. The van der Waals surface area contributed by atoms with Crippen molar-refractivity contribution in [1.82, 2.24) is 19.8 Å². The van der Waals surface area contributed by atoms with Crippen LogP contribution in [0.15, 0.2) is 48.8 Å². The number of benzene rings is 1. The van der Waals surface area contributed by atoms with E-state index < -0.39 is 5.97 Å². The SMILES string of the molecule is O=C(O)CCC(=O)N1CCn2nc(-c3ccc(F)cc3)c(-c3ccncc3)c2N1. The van der Waals surface area contributed by atoms with E-state index in [9.17, 15) is 14.0 Å². The number of halogens is 1. The van der Waals surface area contributed by atoms with Gasteiger partial charge in [0.15, 0.2) is 5.82 Å². The molecule has 0 fully saturated rings. The fourth-order valence-corrected chi connectivity index (χ4v) is 3.25. The fourth-order valence-electron chi connectivity index (χ4n) is 3.25. The van der Waals surface area contributed by atoms with E-state index in [1.54, 1.807) is 29.2 Å². The first-order valence-electron chi connectivity index (χ1n) is 9.09. The lowest BCUT2D eigenvalue weighted by molar-refractivity contribution is -0.140. The highest BCUT2D eigenvalue weighted by molar-refractivity contribution is 5.90. The highest BCUT2D eigenvalue weighted by atomic mass is 19.1. The molecule has 0 unspecified atom stereocenters. The first-order valence-corrected chi connectivity index (χ1v) is 9.09. The number of anilines is 1. The lowest BCUT2D eigenvalue weighted by Gasteiger charge is -2.29. The van der Waals surface area contributed by atoms with Crippen molar-refractivity contribution >= 4 is 17.7 Å². The lowest BCUT2D eigenvalue weighted by Crippen LogP contribution is -2.43. The van der Waals surface area contributed by atoms with Crippen molar-refractivity contribution in [2.75, 3.05) is 12.0 Å². The highest BCUT2D eigenvalue weighted by Gasteiger charge is 2.27. The summed E-state index contributed by atoms with van der Waals surface area (Å²) in [5, 5.41) is 14.9. The van der Waals surface area contributed by atoms with Gasteiger partial charge in [-0.3, -0.25) is 25.0 Å². The monoisotopic (exact) mass is 395 g/mol. The minimum Gasteiger partial charge on any atom is -0.481 e. The van der Waals surface area contributed by atoms with Gasteiger partial charge in [0.1, 0.15) is 11.5 Å². The summed E-state index contributed by atoms with van der Waals surface area (Å²) < 4.78 is 15.1. The summed E-state index contributed by atoms with van der Waals surface area (Å²) in [6.07, 6.45) is 3.00. The number of carbonyl (C=O) groups is 2. The molecular weight excluding hydrogens is 377 g/mol. The van der Waals surface area contributed by atoms with E-state index in [1.165, 1.54) is 17.1 Å². The van der Waals surface area contributed by atoms with Crippen LogP contribution in [-0.2, 0) is 16.1 Å². The number of aromatic nitrogens is 3. The molecule has 1 aromatic carbocycles. The number of hydrogen-bond acceptors (Lipinski definition) is 5. The van der Waals surface area contributed by atoms with Crippen molar-refractivity contribution in [3.05, 3.63) is 54.6 Å². The molecule has 2 aromatic heterocycles. The summed E-state index contributed by atoms with van der Waals surface area (Å²) in [6.45, 7) is 0.798. The Labute approximate surface area is 165 Å². The molecule has 0 atom stereocenters. The zero-order chi connectivity index (χ0) is 20.4. The summed E-state index contributed by atoms with van der Waals surface area (Å²) in [5.41, 5.74) is 6.08. The maximum Gasteiger partial charge on any atom is 0.303 e. The van der Waals surface area contributed by atoms with E-state index in [4.69, 9.17) is 5.11 Å². The van der Waals surface area contributed by atoms with E-state index in [-0.39, 0.29) is 24.6 Å². The number of pyridine rings is 1. The number of carboxylic acid groups (broad SMARTS) is 1. The van der Waals surface area contributed by atoms with Crippen molar-refractivity contribution < 1.29 is 19.1 Å². The number of amides is 1. The van der Waals surface area contributed by atoms with Gasteiger partial charge in [0, 0.05) is 24.4 Å². The van der Waals surface area contributed by atoms with Gasteiger partial charge in [-0.25, -0.2) is 9.07 Å². The number of hydrazine groups is 1. The van der Waals surface area contributed by atoms with E-state index in [0.29, 0.717) is 24.6 Å². The van der Waals surface area contributed by atoms with Crippen LogP contribution in [0.1, 0.15) is 12.8 Å². The van der Waals surface area contributed by atoms with Crippen molar-refractivity contribution in [3.63, 3.8) is 0 Å². The van der Waals surface area contributed by atoms with Gasteiger partial charge >= 0.3 is 5.97 Å². The van der Waals surface area contributed by atoms with Crippen molar-refractivity contribution in [2.45, 2.75) is 19.4 Å². The Kier molecular flexibility index (Phi) is 4.94. The normalized spacial score (nSPS) is 12.9. The molecule has 2 N–H and O–H groups in total. The molecule has 148 valence electrons. The molecule has 9 heteroatoms. The standard InChI is InChI=1S/C20H18FN5O3/c21-15-3-1-14(2-4-15)19-18(13-7-9-22-10-8-13)20-24-25(11-12-26(20)23-19)16(27)5-6-17(28)29/h1-4,7-10,24H,5-6,11-12H2,(H,28,29). The number of rotatable bonds is 5. The van der Waals surface area contributed by atoms with Crippen molar-refractivity contribution in [2.24, 2.45) is 0 Å². The predicted octanol–water partition coefficient (Wildman–Crippen LogP) is 2.79. The number of hydrogen-bond donors (Lipinski definition) is 2. The van der Waals surface area contributed by atoms with Gasteiger partial charge in [-0.2, -0.15) is 5.10 Å². The van der Waals surface area contributed by atoms with Crippen molar-refractivity contribution in [3.8, 4) is 22.4 Å². The van der Waals surface area contributed by atoms with E-state index in [2.05, 4.69) is 15.5 Å². The molecule has 0 saturated heterocycles. The summed E-state index contributed by atoms with van der Waals surface area (Å²) in [6, 6.07) is 9.72. The van der Waals surface area contributed by atoms with Crippen LogP contribution in [0.4, 0.5) is 10.2 Å². The fraction of sp³-hybridized carbons (Fsp3) is 0.200. The van der Waals surface area contributed by atoms with Gasteiger partial charge in [0.05, 0.1) is 25.1 Å². The molecule has 1 amide bonds. The van der Waals surface area contributed by atoms with Crippen molar-refractivity contribution in [1.29, 1.82) is 0 Å². The third-order valence-corrected chi connectivity index (χ3v) is 4.67. The highest BCUT2D eigenvalue weighted by Crippen LogP contribution is 2.39. The topological polar surface area (TPSA) is 100 Å². The molecule has 3 aromatic rings. The van der Waals surface area contributed by atoms with Crippen LogP contribution in [0, 0.1) is 5.82 Å². The quantitative estimate of drug-likeness (QED) is 0.689. The first kappa shape index (κ1) is 18.6. The minimum atomic E-state index is -1.02. The maximum atomic E-state index is 13.4. The van der Waals surface area contributed by atoms with E-state index in [0.717, 1.165) is 16.7 Å². The Bertz CT molecular complexity index is 1050. The Morgan fingerprint density at radius 3 is 2.45 bits per heavy atom. The van der Waals surface area contributed by atoms with Crippen LogP contribution in [-0.4, -0.2) is 43.3 Å². The Morgan fingerprint density at radius 2 is 1.76 bits per heavy atom. The van der Waals surface area contributed by atoms with Gasteiger partial charge in [-0.1, -0.05) is 0 Å². The number of carbonyl (C=O) groups excluding carboxylic acids is 1. The Hall–Kier alpha value is -3.75. The summed E-state index contributed by atoms with van der Waals surface area (Å²) in [4.78, 5) is 27.2. The molecule has 0 bridgehead atoms. The predicted molar refractivity (Wildman–Crippen MR) is 103 cm³/mol. The average molecular weight is 395 g/mol. The molecule has 4 rings (SSSR count). The second-order valence-corrected chi connectivity index (χ2v) is 6.59. The minimum absolute atomic E-state index is 0.0914. The smallest absolute Gasteiger partial charge is 0.303 e. The average Bonchev–Trinajstić information content (AvgIpc) is 3.11. The van der Waals surface area contributed by atoms with Crippen LogP contribution < -0.4 is 5.43 Å². The zero-order valence-corrected chi connectivity index (χ0v) is 15.4. The molecule has 0 aliphatic carbocycles.